The number of rotatable bonds is 19. The molecule has 0 saturated heterocycles. The zero-order valence-electron chi connectivity index (χ0n) is 50.5. The molecule has 0 radical (unpaired) electrons. The summed E-state index contributed by atoms with van der Waals surface area (Å²) in [6.45, 7) is 13.1. The van der Waals surface area contributed by atoms with Crippen LogP contribution in [-0.2, 0) is 20.4 Å². The van der Waals surface area contributed by atoms with Gasteiger partial charge >= 0.3 is 0 Å². The Balaban J connectivity index is 0.656. The number of carbonyl (C=O) groups is 2. The monoisotopic (exact) mass is 1140 g/mol. The smallest absolute Gasteiger partial charge is 0.253 e. The summed E-state index contributed by atoms with van der Waals surface area (Å²) in [4.78, 5) is 63.5. The second-order valence-electron chi connectivity index (χ2n) is 26.8. The first-order chi connectivity index (χ1) is 42.0. The predicted molar refractivity (Wildman–Crippen MR) is 345 cm³/mol. The standard InChI is InChI=1S/C74H75N9O3/c1-6-69-31-33-70(7-2,34-32-69)73(69)56-41-49(46-17-19-47(20-18-46)62-77-67-68(78-62)80-63(79-67)48-21-25-51(26-22-48)86-40-16-14-12-10-11-13-15-39-83-60(84)29-30-61(83)85)23-27-52(56)54-43-59-55(44-58(54)73)53-28-24-50(64-81-65-66(82-64)76-45(5)75-65)42-57(53)74(59)71(8-3)35-37-72(74,9-4)38-36-71/h17-30,41-44H,6-16,31-40H2,1-5H3. The molecule has 5 aromatic rings. The van der Waals surface area contributed by atoms with Crippen molar-refractivity contribution in [3.05, 3.63) is 148 Å². The number of hydrogen-bond donors (Lipinski definition) is 0. The Hall–Kier alpha value is -7.86. The molecular formula is C74H75N9O3. The van der Waals surface area contributed by atoms with Gasteiger partial charge in [-0.1, -0.05) is 108 Å². The lowest BCUT2D eigenvalue weighted by molar-refractivity contribution is -0.136. The summed E-state index contributed by atoms with van der Waals surface area (Å²) in [5, 5.41) is 0. The summed E-state index contributed by atoms with van der Waals surface area (Å²) in [7, 11) is 0. The minimum atomic E-state index is -0.192. The molecule has 11 aliphatic rings. The second-order valence-corrected chi connectivity index (χ2v) is 26.8. The van der Waals surface area contributed by atoms with Crippen molar-refractivity contribution in [2.45, 2.75) is 167 Å². The summed E-state index contributed by atoms with van der Waals surface area (Å²) in [5.74, 6) is 5.55. The molecule has 4 saturated carbocycles. The van der Waals surface area contributed by atoms with Crippen molar-refractivity contribution in [3.8, 4) is 39.1 Å². The van der Waals surface area contributed by atoms with Gasteiger partial charge in [-0.25, -0.2) is 39.9 Å². The third-order valence-electron chi connectivity index (χ3n) is 23.9. The molecule has 5 aromatic carbocycles. The quantitative estimate of drug-likeness (QED) is 0.0599. The number of ether oxygens (including phenoxy) is 1. The fraction of sp³-hybridized carbons (Fsp3) is 0.432. The van der Waals surface area contributed by atoms with Crippen molar-refractivity contribution in [1.29, 1.82) is 0 Å². The van der Waals surface area contributed by atoms with Gasteiger partial charge in [0.2, 0.25) is 23.3 Å². The van der Waals surface area contributed by atoms with Gasteiger partial charge in [0.1, 0.15) is 11.6 Å². The van der Waals surface area contributed by atoms with Crippen LogP contribution in [0.3, 0.4) is 0 Å². The van der Waals surface area contributed by atoms with E-state index < -0.39 is 0 Å². The first-order valence-electron chi connectivity index (χ1n) is 32.5. The lowest BCUT2D eigenvalue weighted by Crippen LogP contribution is -2.45. The molecule has 12 nitrogen and oxygen atoms in total. The van der Waals surface area contributed by atoms with E-state index in [0.29, 0.717) is 48.2 Å². The topological polar surface area (TPSA) is 145 Å². The molecule has 4 bridgehead atoms. The van der Waals surface area contributed by atoms with Crippen molar-refractivity contribution in [1.82, 2.24) is 4.90 Å². The molecule has 0 aromatic heterocycles. The Kier molecular flexibility index (Phi) is 12.2. The number of fused-ring (bicyclic) bond motifs is 8. The van der Waals surface area contributed by atoms with Crippen LogP contribution in [0.4, 0.5) is 0 Å². The zero-order chi connectivity index (χ0) is 58.4. The number of imide groups is 1. The second kappa shape index (κ2) is 19.6. The molecule has 0 N–H and O–H groups in total. The number of carbonyl (C=O) groups excluding carboxylic acids is 2. The molecule has 12 heteroatoms. The van der Waals surface area contributed by atoms with Crippen LogP contribution in [0.2, 0.25) is 0 Å². The minimum Gasteiger partial charge on any atom is -0.494 e. The van der Waals surface area contributed by atoms with Crippen LogP contribution in [0.1, 0.15) is 196 Å². The van der Waals surface area contributed by atoms with Crippen molar-refractivity contribution >= 4 is 58.5 Å². The van der Waals surface area contributed by atoms with E-state index in [0.717, 1.165) is 79.1 Å². The van der Waals surface area contributed by atoms with Gasteiger partial charge in [-0.05, 0) is 223 Å². The summed E-state index contributed by atoms with van der Waals surface area (Å²) in [5.41, 5.74) is 18.1. The number of benzene rings is 5. The molecule has 4 fully saturated rings. The Labute approximate surface area is 504 Å². The fourth-order valence-electron chi connectivity index (χ4n) is 19.8. The van der Waals surface area contributed by atoms with Gasteiger partial charge in [-0.3, -0.25) is 14.5 Å². The summed E-state index contributed by atoms with van der Waals surface area (Å²) in [6.07, 6.45) is 24.9. The van der Waals surface area contributed by atoms with E-state index >= 15 is 0 Å². The first kappa shape index (κ1) is 53.6. The van der Waals surface area contributed by atoms with Crippen LogP contribution in [0.5, 0.6) is 5.75 Å². The largest absolute Gasteiger partial charge is 0.494 e. The summed E-state index contributed by atoms with van der Waals surface area (Å²) >= 11 is 0. The highest BCUT2D eigenvalue weighted by molar-refractivity contribution is 6.54. The molecule has 2 amide bonds. The van der Waals surface area contributed by atoms with E-state index in [1.54, 1.807) is 16.7 Å². The average molecular weight is 1140 g/mol. The molecule has 2 spiro atoms. The van der Waals surface area contributed by atoms with Crippen molar-refractivity contribution in [3.63, 3.8) is 0 Å². The fourth-order valence-corrected chi connectivity index (χ4v) is 19.8. The van der Waals surface area contributed by atoms with Crippen LogP contribution in [0.15, 0.2) is 149 Å². The summed E-state index contributed by atoms with van der Waals surface area (Å²) in [6, 6.07) is 37.3. The zero-order valence-corrected chi connectivity index (χ0v) is 50.5. The molecular weight excluding hydrogens is 1060 g/mol. The van der Waals surface area contributed by atoms with Gasteiger partial charge in [-0.15, -0.1) is 0 Å². The van der Waals surface area contributed by atoms with Gasteiger partial charge in [0.05, 0.1) is 6.61 Å². The van der Waals surface area contributed by atoms with Crippen molar-refractivity contribution in [2.75, 3.05) is 13.2 Å². The molecule has 5 aliphatic heterocycles. The van der Waals surface area contributed by atoms with Gasteiger partial charge in [0, 0.05) is 46.2 Å². The lowest BCUT2D eigenvalue weighted by atomic mass is 9.54. The van der Waals surface area contributed by atoms with Crippen molar-refractivity contribution in [2.24, 2.45) is 61.6 Å². The van der Waals surface area contributed by atoms with Gasteiger partial charge in [0.15, 0.2) is 17.5 Å². The van der Waals surface area contributed by atoms with E-state index in [1.807, 2.05) is 31.2 Å². The van der Waals surface area contributed by atoms with Crippen LogP contribution in [-0.4, -0.2) is 76.6 Å². The van der Waals surface area contributed by atoms with Gasteiger partial charge in [0.25, 0.3) is 11.8 Å². The van der Waals surface area contributed by atoms with Crippen LogP contribution < -0.4 is 4.74 Å². The normalized spacial score (nSPS) is 28.6. The number of amidine groups is 8. The Morgan fingerprint density at radius 2 is 0.756 bits per heavy atom. The summed E-state index contributed by atoms with van der Waals surface area (Å²) < 4.78 is 6.08. The number of unbranched alkanes of at least 4 members (excludes halogenated alkanes) is 6. The maximum absolute atomic E-state index is 11.7. The number of amides is 2. The van der Waals surface area contributed by atoms with Crippen LogP contribution in [0.25, 0.3) is 33.4 Å². The lowest BCUT2D eigenvalue weighted by Gasteiger charge is -2.48. The van der Waals surface area contributed by atoms with Gasteiger partial charge < -0.3 is 4.74 Å². The highest BCUT2D eigenvalue weighted by Gasteiger charge is 2.76. The van der Waals surface area contributed by atoms with Crippen LogP contribution >= 0.6 is 0 Å². The molecule has 86 heavy (non-hydrogen) atoms. The van der Waals surface area contributed by atoms with E-state index in [2.05, 4.69) is 110 Å². The van der Waals surface area contributed by atoms with Gasteiger partial charge in [-0.2, -0.15) is 0 Å². The molecule has 0 atom stereocenters. The third-order valence-corrected chi connectivity index (χ3v) is 23.9. The maximum Gasteiger partial charge on any atom is 0.253 e. The van der Waals surface area contributed by atoms with Crippen molar-refractivity contribution < 1.29 is 14.3 Å². The molecule has 434 valence electrons. The number of hydrogen-bond acceptors (Lipinski definition) is 11. The first-order valence-corrected chi connectivity index (χ1v) is 32.5. The third kappa shape index (κ3) is 7.21. The minimum absolute atomic E-state index is 0.0894. The SMILES string of the molecule is CCC12CCC(CC)(CC1)C21c2cc(C3=NC4=NC(C)=NC4=N3)ccc2-c2cc3c(cc21)-c1ccc(-c2ccc(C4=NC5=NC(c6ccc(OCCCCCCCCCN7C(=O)C=CC7=O)cc6)=NC5=N4)cc2)cc1C31C2(CC)CCC1(CC)CC2. The predicted octanol–water partition coefficient (Wildman–Crippen LogP) is 15.7. The number of aliphatic imine (C=N–C) groups is 8. The molecule has 6 aliphatic carbocycles. The Bertz CT molecular complexity index is 4020. The number of nitrogens with zero attached hydrogens (tertiary/aromatic N) is 9. The Morgan fingerprint density at radius 3 is 1.24 bits per heavy atom. The molecule has 5 heterocycles. The Morgan fingerprint density at radius 1 is 0.384 bits per heavy atom. The maximum atomic E-state index is 11.7. The van der Waals surface area contributed by atoms with E-state index in [9.17, 15) is 9.59 Å². The van der Waals surface area contributed by atoms with E-state index in [-0.39, 0.29) is 44.3 Å². The van der Waals surface area contributed by atoms with E-state index in [4.69, 9.17) is 34.7 Å². The molecule has 16 rings (SSSR count). The highest BCUT2D eigenvalue weighted by Crippen LogP contribution is 2.84. The molecule has 0 unspecified atom stereocenters. The van der Waals surface area contributed by atoms with E-state index in [1.165, 1.54) is 133 Å². The highest BCUT2D eigenvalue weighted by atomic mass is 16.5. The average Bonchev–Trinajstić information content (AvgIpc) is 1.47. The van der Waals surface area contributed by atoms with Crippen LogP contribution in [0, 0.1) is 21.7 Å².